The number of benzene rings is 1. The fourth-order valence-electron chi connectivity index (χ4n) is 2.10. The van der Waals surface area contributed by atoms with Gasteiger partial charge in [0.25, 0.3) is 0 Å². The van der Waals surface area contributed by atoms with Crippen LogP contribution in [0.5, 0.6) is 5.75 Å². The zero-order chi connectivity index (χ0) is 12.3. The Labute approximate surface area is 104 Å². The van der Waals surface area contributed by atoms with E-state index < -0.39 is 0 Å². The van der Waals surface area contributed by atoms with Crippen molar-refractivity contribution in [2.75, 3.05) is 32.6 Å². The second kappa shape index (κ2) is 5.41. The second-order valence-electron chi connectivity index (χ2n) is 5.03. The van der Waals surface area contributed by atoms with Crippen LogP contribution >= 0.6 is 0 Å². The van der Waals surface area contributed by atoms with Gasteiger partial charge in [-0.3, -0.25) is 0 Å². The summed E-state index contributed by atoms with van der Waals surface area (Å²) in [5.74, 6) is 0.996. The van der Waals surface area contributed by atoms with Crippen molar-refractivity contribution in [1.29, 1.82) is 0 Å². The lowest BCUT2D eigenvalue weighted by Crippen LogP contribution is -2.24. The monoisotopic (exact) mass is 234 g/mol. The van der Waals surface area contributed by atoms with Gasteiger partial charge in [0.15, 0.2) is 0 Å². The first-order valence-electron chi connectivity index (χ1n) is 6.33. The average molecular weight is 234 g/mol. The Bertz CT molecular complexity index is 376. The maximum Gasteiger partial charge on any atom is 0.142 e. The van der Waals surface area contributed by atoms with Gasteiger partial charge in [-0.2, -0.15) is 0 Å². The third-order valence-electron chi connectivity index (χ3n) is 3.15. The normalized spacial score (nSPS) is 18.7. The maximum absolute atomic E-state index is 5.86. The van der Waals surface area contributed by atoms with Gasteiger partial charge >= 0.3 is 0 Å². The van der Waals surface area contributed by atoms with Crippen LogP contribution in [0.15, 0.2) is 18.2 Å². The van der Waals surface area contributed by atoms with E-state index in [9.17, 15) is 0 Å². The lowest BCUT2D eigenvalue weighted by Gasteiger charge is -2.26. The summed E-state index contributed by atoms with van der Waals surface area (Å²) >= 11 is 0. The number of ether oxygens (including phenoxy) is 1. The number of para-hydroxylation sites is 1. The third kappa shape index (κ3) is 3.13. The minimum absolute atomic E-state index is 0.543. The molecule has 0 radical (unpaired) electrons. The molecule has 0 bridgehead atoms. The molecule has 1 unspecified atom stereocenters. The summed E-state index contributed by atoms with van der Waals surface area (Å²) in [5, 5.41) is 3.53. The van der Waals surface area contributed by atoms with E-state index in [0.29, 0.717) is 6.04 Å². The van der Waals surface area contributed by atoms with E-state index in [2.05, 4.69) is 49.4 Å². The van der Waals surface area contributed by atoms with E-state index in [1.54, 1.807) is 0 Å². The molecular formula is C14H22N2O. The number of anilines is 1. The molecule has 0 aromatic heterocycles. The van der Waals surface area contributed by atoms with Crippen molar-refractivity contribution >= 4 is 5.69 Å². The topological polar surface area (TPSA) is 24.5 Å². The predicted octanol–water partition coefficient (Wildman–Crippen LogP) is 2.37. The fraction of sp³-hybridized carbons (Fsp3) is 0.571. The van der Waals surface area contributed by atoms with Crippen molar-refractivity contribution in [1.82, 2.24) is 4.90 Å². The summed E-state index contributed by atoms with van der Waals surface area (Å²) in [5.41, 5.74) is 2.58. The number of likely N-dealkylation sites (N-methyl/N-ethyl adjacent to an activating group) is 1. The van der Waals surface area contributed by atoms with E-state index in [-0.39, 0.29) is 0 Å². The molecule has 1 aliphatic heterocycles. The first-order chi connectivity index (χ1) is 8.16. The number of fused-ring (bicyclic) bond motifs is 1. The largest absolute Gasteiger partial charge is 0.490 e. The highest BCUT2D eigenvalue weighted by molar-refractivity contribution is 5.63. The molecule has 0 amide bonds. The molecule has 1 aliphatic rings. The highest BCUT2D eigenvalue weighted by Crippen LogP contribution is 2.33. The van der Waals surface area contributed by atoms with E-state index in [4.69, 9.17) is 4.74 Å². The molecule has 0 saturated heterocycles. The molecule has 1 atom stereocenters. The molecule has 3 nitrogen and oxygen atoms in total. The molecule has 3 heteroatoms. The Hall–Kier alpha value is -1.22. The highest BCUT2D eigenvalue weighted by Gasteiger charge is 2.17. The van der Waals surface area contributed by atoms with Crippen molar-refractivity contribution < 1.29 is 4.74 Å². The summed E-state index contributed by atoms with van der Waals surface area (Å²) in [7, 11) is 4.12. The van der Waals surface area contributed by atoms with Crippen molar-refractivity contribution in [3.8, 4) is 5.75 Å². The Morgan fingerprint density at radius 2 is 2.24 bits per heavy atom. The standard InChI is InChI=1S/C14H22N2O/c1-11-7-8-12-5-4-6-13(14(12)15-11)17-10-9-16(2)3/h4-6,11,15H,7-10H2,1-3H3. The average Bonchev–Trinajstić information content (AvgIpc) is 2.29. The van der Waals surface area contributed by atoms with Gasteiger partial charge in [0.05, 0.1) is 5.69 Å². The minimum Gasteiger partial charge on any atom is -0.490 e. The Morgan fingerprint density at radius 3 is 3.00 bits per heavy atom. The number of nitrogens with one attached hydrogen (secondary N) is 1. The van der Waals surface area contributed by atoms with Gasteiger partial charge in [-0.15, -0.1) is 0 Å². The quantitative estimate of drug-likeness (QED) is 0.865. The van der Waals surface area contributed by atoms with E-state index in [1.165, 1.54) is 17.7 Å². The van der Waals surface area contributed by atoms with Gasteiger partial charge in [-0.05, 0) is 45.5 Å². The van der Waals surface area contributed by atoms with Crippen LogP contribution in [-0.2, 0) is 6.42 Å². The Balaban J connectivity index is 2.06. The number of hydrogen-bond acceptors (Lipinski definition) is 3. The van der Waals surface area contributed by atoms with Gasteiger partial charge in [0.2, 0.25) is 0 Å². The van der Waals surface area contributed by atoms with Gasteiger partial charge in [0, 0.05) is 12.6 Å². The number of aryl methyl sites for hydroxylation is 1. The van der Waals surface area contributed by atoms with Gasteiger partial charge < -0.3 is 15.0 Å². The number of nitrogens with zero attached hydrogens (tertiary/aromatic N) is 1. The smallest absolute Gasteiger partial charge is 0.142 e. The van der Waals surface area contributed by atoms with Crippen LogP contribution in [-0.4, -0.2) is 38.2 Å². The lowest BCUT2D eigenvalue weighted by molar-refractivity contribution is 0.262. The number of hydrogen-bond donors (Lipinski definition) is 1. The van der Waals surface area contributed by atoms with Crippen molar-refractivity contribution in [2.45, 2.75) is 25.8 Å². The van der Waals surface area contributed by atoms with Crippen molar-refractivity contribution in [3.63, 3.8) is 0 Å². The maximum atomic E-state index is 5.86. The molecule has 1 heterocycles. The van der Waals surface area contributed by atoms with Crippen LogP contribution in [0.2, 0.25) is 0 Å². The van der Waals surface area contributed by atoms with Gasteiger partial charge in [-0.1, -0.05) is 12.1 Å². The molecule has 1 aromatic carbocycles. The second-order valence-corrected chi connectivity index (χ2v) is 5.03. The van der Waals surface area contributed by atoms with Crippen molar-refractivity contribution in [2.24, 2.45) is 0 Å². The van der Waals surface area contributed by atoms with Crippen LogP contribution in [0.1, 0.15) is 18.9 Å². The molecule has 1 N–H and O–H groups in total. The van der Waals surface area contributed by atoms with Crippen LogP contribution in [0.3, 0.4) is 0 Å². The SMILES string of the molecule is CC1CCc2cccc(OCCN(C)C)c2N1. The van der Waals surface area contributed by atoms with Crippen LogP contribution in [0.25, 0.3) is 0 Å². The number of rotatable bonds is 4. The van der Waals surface area contributed by atoms with Crippen LogP contribution in [0.4, 0.5) is 5.69 Å². The first-order valence-corrected chi connectivity index (χ1v) is 6.33. The molecule has 1 aromatic rings. The van der Waals surface area contributed by atoms with Gasteiger partial charge in [-0.25, -0.2) is 0 Å². The first kappa shape index (κ1) is 12.2. The summed E-state index contributed by atoms with van der Waals surface area (Å²) in [6, 6.07) is 6.87. The molecule has 0 aliphatic carbocycles. The molecule has 0 saturated carbocycles. The zero-order valence-electron chi connectivity index (χ0n) is 11.0. The summed E-state index contributed by atoms with van der Waals surface area (Å²) < 4.78 is 5.86. The van der Waals surface area contributed by atoms with Gasteiger partial charge in [0.1, 0.15) is 12.4 Å². The molecule has 94 valence electrons. The van der Waals surface area contributed by atoms with Crippen LogP contribution in [0, 0.1) is 0 Å². The van der Waals surface area contributed by atoms with E-state index >= 15 is 0 Å². The zero-order valence-corrected chi connectivity index (χ0v) is 11.0. The third-order valence-corrected chi connectivity index (χ3v) is 3.15. The predicted molar refractivity (Wildman–Crippen MR) is 71.9 cm³/mol. The molecular weight excluding hydrogens is 212 g/mol. The molecule has 2 rings (SSSR count). The summed E-state index contributed by atoms with van der Waals surface area (Å²) in [6.07, 6.45) is 2.35. The minimum atomic E-state index is 0.543. The highest BCUT2D eigenvalue weighted by atomic mass is 16.5. The summed E-state index contributed by atoms with van der Waals surface area (Å²) in [4.78, 5) is 2.13. The van der Waals surface area contributed by atoms with E-state index in [0.717, 1.165) is 25.3 Å². The molecule has 0 spiro atoms. The molecule has 17 heavy (non-hydrogen) atoms. The van der Waals surface area contributed by atoms with E-state index in [1.807, 2.05) is 0 Å². The lowest BCUT2D eigenvalue weighted by atomic mass is 9.98. The molecule has 0 fully saturated rings. The summed E-state index contributed by atoms with van der Waals surface area (Å²) in [6.45, 7) is 3.90. The van der Waals surface area contributed by atoms with Crippen molar-refractivity contribution in [3.05, 3.63) is 23.8 Å². The van der Waals surface area contributed by atoms with Crippen LogP contribution < -0.4 is 10.1 Å². The Morgan fingerprint density at radius 1 is 1.41 bits per heavy atom. The fourth-order valence-corrected chi connectivity index (χ4v) is 2.10. The Kier molecular flexibility index (Phi) is 3.89.